The number of likely N-dealkylation sites (tertiary alicyclic amines) is 1. The first-order chi connectivity index (χ1) is 11.6. The zero-order valence-electron chi connectivity index (χ0n) is 13.6. The summed E-state index contributed by atoms with van der Waals surface area (Å²) in [6.45, 7) is 2.91. The molecule has 1 fully saturated rings. The third-order valence-electron chi connectivity index (χ3n) is 4.35. The second-order valence-electron chi connectivity index (χ2n) is 5.92. The van der Waals surface area contributed by atoms with Crippen LogP contribution in [0.1, 0.15) is 24.2 Å². The molecule has 1 aliphatic heterocycles. The Kier molecular flexibility index (Phi) is 4.50. The molecular formula is C17H21N5O2. The van der Waals surface area contributed by atoms with Gasteiger partial charge in [0.1, 0.15) is 11.9 Å². The van der Waals surface area contributed by atoms with Crippen LogP contribution in [0, 0.1) is 6.92 Å². The van der Waals surface area contributed by atoms with Gasteiger partial charge < -0.3 is 20.5 Å². The lowest BCUT2D eigenvalue weighted by Gasteiger charge is -2.21. The molecule has 3 N–H and O–H groups in total. The van der Waals surface area contributed by atoms with Gasteiger partial charge >= 0.3 is 6.03 Å². The summed E-state index contributed by atoms with van der Waals surface area (Å²) in [7, 11) is 0. The predicted octanol–water partition coefficient (Wildman–Crippen LogP) is 1.34. The van der Waals surface area contributed by atoms with E-state index >= 15 is 0 Å². The highest BCUT2D eigenvalue weighted by Crippen LogP contribution is 2.17. The molecule has 1 aliphatic rings. The van der Waals surface area contributed by atoms with Gasteiger partial charge in [-0.1, -0.05) is 12.1 Å². The van der Waals surface area contributed by atoms with Crippen LogP contribution < -0.4 is 11.1 Å². The third kappa shape index (κ3) is 3.24. The number of hydrogen-bond donors (Lipinski definition) is 2. The van der Waals surface area contributed by atoms with Crippen LogP contribution in [0.4, 0.5) is 4.79 Å². The molecule has 1 aromatic heterocycles. The number of carbonyl (C=O) groups is 2. The van der Waals surface area contributed by atoms with E-state index in [1.54, 1.807) is 6.20 Å². The topological polar surface area (TPSA) is 93.2 Å². The Balaban J connectivity index is 1.60. The summed E-state index contributed by atoms with van der Waals surface area (Å²) in [6, 6.07) is 6.93. The van der Waals surface area contributed by atoms with Crippen LogP contribution in [0.2, 0.25) is 0 Å². The van der Waals surface area contributed by atoms with Crippen LogP contribution in [0.3, 0.4) is 0 Å². The number of primary amides is 1. The van der Waals surface area contributed by atoms with Gasteiger partial charge in [-0.15, -0.1) is 0 Å². The Hall–Kier alpha value is -2.83. The molecule has 2 aromatic rings. The molecular weight excluding hydrogens is 306 g/mol. The van der Waals surface area contributed by atoms with Crippen molar-refractivity contribution < 1.29 is 9.59 Å². The summed E-state index contributed by atoms with van der Waals surface area (Å²) in [5, 5.41) is 2.88. The average molecular weight is 327 g/mol. The predicted molar refractivity (Wildman–Crippen MR) is 89.5 cm³/mol. The maximum atomic E-state index is 12.3. The van der Waals surface area contributed by atoms with Crippen molar-refractivity contribution in [3.05, 3.63) is 48.0 Å². The van der Waals surface area contributed by atoms with Crippen LogP contribution in [-0.4, -0.2) is 39.0 Å². The first-order valence-corrected chi connectivity index (χ1v) is 7.99. The number of hydrogen-bond acceptors (Lipinski definition) is 3. The maximum Gasteiger partial charge on any atom is 0.315 e. The lowest BCUT2D eigenvalue weighted by molar-refractivity contribution is -0.124. The van der Waals surface area contributed by atoms with Gasteiger partial charge in [-0.2, -0.15) is 0 Å². The van der Waals surface area contributed by atoms with Crippen LogP contribution in [0.25, 0.3) is 5.69 Å². The van der Waals surface area contributed by atoms with Gasteiger partial charge in [0.25, 0.3) is 0 Å². The molecule has 2 heterocycles. The second-order valence-corrected chi connectivity index (χ2v) is 5.92. The van der Waals surface area contributed by atoms with Crippen LogP contribution in [0.5, 0.6) is 0 Å². The lowest BCUT2D eigenvalue weighted by Crippen LogP contribution is -2.47. The van der Waals surface area contributed by atoms with E-state index < -0.39 is 12.1 Å². The van der Waals surface area contributed by atoms with Crippen molar-refractivity contribution in [2.75, 3.05) is 6.54 Å². The molecule has 0 radical (unpaired) electrons. The van der Waals surface area contributed by atoms with Crippen LogP contribution in [-0.2, 0) is 11.3 Å². The first-order valence-electron chi connectivity index (χ1n) is 7.99. The van der Waals surface area contributed by atoms with Gasteiger partial charge in [-0.25, -0.2) is 9.78 Å². The molecule has 7 heteroatoms. The summed E-state index contributed by atoms with van der Waals surface area (Å²) in [5.41, 5.74) is 7.33. The van der Waals surface area contributed by atoms with E-state index in [2.05, 4.69) is 10.3 Å². The van der Waals surface area contributed by atoms with E-state index in [4.69, 9.17) is 5.73 Å². The molecule has 126 valence electrons. The zero-order valence-corrected chi connectivity index (χ0v) is 13.6. The van der Waals surface area contributed by atoms with Gasteiger partial charge in [-0.3, -0.25) is 4.79 Å². The van der Waals surface area contributed by atoms with Gasteiger partial charge in [0.2, 0.25) is 5.91 Å². The highest BCUT2D eigenvalue weighted by molar-refractivity contribution is 5.87. The van der Waals surface area contributed by atoms with E-state index in [0.29, 0.717) is 19.5 Å². The van der Waals surface area contributed by atoms with Crippen molar-refractivity contribution in [3.8, 4) is 5.69 Å². The van der Waals surface area contributed by atoms with E-state index in [1.165, 1.54) is 4.90 Å². The van der Waals surface area contributed by atoms with Gasteiger partial charge in [-0.05, 0) is 37.5 Å². The smallest absolute Gasteiger partial charge is 0.315 e. The Morgan fingerprint density at radius 2 is 2.08 bits per heavy atom. The van der Waals surface area contributed by atoms with Crippen molar-refractivity contribution in [1.82, 2.24) is 19.8 Å². The van der Waals surface area contributed by atoms with Crippen molar-refractivity contribution in [3.63, 3.8) is 0 Å². The molecule has 3 amide bonds. The Morgan fingerprint density at radius 3 is 2.71 bits per heavy atom. The molecule has 3 rings (SSSR count). The minimum atomic E-state index is -0.535. The number of aryl methyl sites for hydroxylation is 1. The molecule has 0 saturated carbocycles. The van der Waals surface area contributed by atoms with Crippen molar-refractivity contribution in [2.45, 2.75) is 32.4 Å². The molecule has 1 saturated heterocycles. The number of benzene rings is 1. The number of urea groups is 1. The van der Waals surface area contributed by atoms with Gasteiger partial charge in [0.15, 0.2) is 0 Å². The molecule has 0 aliphatic carbocycles. The largest absolute Gasteiger partial charge is 0.351 e. The highest BCUT2D eigenvalue weighted by Gasteiger charge is 2.32. The number of aromatic nitrogens is 2. The normalized spacial score (nSPS) is 17.0. The molecule has 0 bridgehead atoms. The number of carbonyl (C=O) groups excluding carboxylic acids is 2. The average Bonchev–Trinajstić information content (AvgIpc) is 3.22. The standard InChI is InChI=1S/C17H21N5O2/c1-12-19-8-10-21(12)14-6-4-13(5-7-14)11-20-16(23)15-3-2-9-22(15)17(18)24/h4-8,10,15H,2-3,9,11H2,1H3,(H2,18,24)(H,20,23)/t15-/m0/s1. The Bertz CT molecular complexity index is 738. The number of amides is 3. The number of imidazole rings is 1. The molecule has 24 heavy (non-hydrogen) atoms. The lowest BCUT2D eigenvalue weighted by atomic mass is 10.1. The number of nitrogens with two attached hydrogens (primary N) is 1. The van der Waals surface area contributed by atoms with Crippen LogP contribution >= 0.6 is 0 Å². The van der Waals surface area contributed by atoms with Crippen molar-refractivity contribution in [1.29, 1.82) is 0 Å². The summed E-state index contributed by atoms with van der Waals surface area (Å²) >= 11 is 0. The van der Waals surface area contributed by atoms with Crippen molar-refractivity contribution >= 4 is 11.9 Å². The summed E-state index contributed by atoms with van der Waals surface area (Å²) in [6.07, 6.45) is 5.13. The molecule has 7 nitrogen and oxygen atoms in total. The van der Waals surface area contributed by atoms with Crippen molar-refractivity contribution in [2.24, 2.45) is 5.73 Å². The number of nitrogens with one attached hydrogen (secondary N) is 1. The summed E-state index contributed by atoms with van der Waals surface area (Å²) in [4.78, 5) is 29.2. The summed E-state index contributed by atoms with van der Waals surface area (Å²) in [5.74, 6) is 0.768. The second kappa shape index (κ2) is 6.74. The minimum Gasteiger partial charge on any atom is -0.351 e. The van der Waals surface area contributed by atoms with Crippen LogP contribution in [0.15, 0.2) is 36.7 Å². The fourth-order valence-corrected chi connectivity index (χ4v) is 3.04. The number of rotatable bonds is 4. The molecule has 1 aromatic carbocycles. The number of nitrogens with zero attached hydrogens (tertiary/aromatic N) is 3. The Labute approximate surface area is 140 Å². The quantitative estimate of drug-likeness (QED) is 0.887. The van der Waals surface area contributed by atoms with Gasteiger partial charge in [0.05, 0.1) is 0 Å². The van der Waals surface area contributed by atoms with E-state index in [9.17, 15) is 9.59 Å². The highest BCUT2D eigenvalue weighted by atomic mass is 16.2. The Morgan fingerprint density at radius 1 is 1.33 bits per heavy atom. The maximum absolute atomic E-state index is 12.3. The molecule has 0 unspecified atom stereocenters. The van der Waals surface area contributed by atoms with Gasteiger partial charge in [0, 0.05) is 31.2 Å². The zero-order chi connectivity index (χ0) is 17.1. The first kappa shape index (κ1) is 16.0. The third-order valence-corrected chi connectivity index (χ3v) is 4.35. The van der Waals surface area contributed by atoms with E-state index in [0.717, 1.165) is 23.5 Å². The molecule has 0 spiro atoms. The minimum absolute atomic E-state index is 0.152. The monoisotopic (exact) mass is 327 g/mol. The van der Waals surface area contributed by atoms with E-state index in [1.807, 2.05) is 42.0 Å². The van der Waals surface area contributed by atoms with E-state index in [-0.39, 0.29) is 5.91 Å². The fourth-order valence-electron chi connectivity index (χ4n) is 3.04. The SMILES string of the molecule is Cc1nccn1-c1ccc(CNC(=O)[C@@H]2CCCN2C(N)=O)cc1. The summed E-state index contributed by atoms with van der Waals surface area (Å²) < 4.78 is 1.99. The molecule has 1 atom stereocenters. The fraction of sp³-hybridized carbons (Fsp3) is 0.353.